The minimum absolute atomic E-state index is 0.113. The van der Waals surface area contributed by atoms with Crippen molar-refractivity contribution < 1.29 is 14.3 Å². The Kier molecular flexibility index (Phi) is 7.08. The van der Waals surface area contributed by atoms with Crippen molar-refractivity contribution in [3.8, 4) is 11.5 Å². The van der Waals surface area contributed by atoms with Gasteiger partial charge in [-0.05, 0) is 54.7 Å². The Morgan fingerprint density at radius 1 is 0.946 bits per heavy atom. The van der Waals surface area contributed by atoms with Gasteiger partial charge < -0.3 is 25.0 Å². The van der Waals surface area contributed by atoms with E-state index in [1.54, 1.807) is 7.11 Å². The molecule has 1 heterocycles. The highest BCUT2D eigenvalue weighted by Gasteiger charge is 2.37. The van der Waals surface area contributed by atoms with Gasteiger partial charge in [0, 0.05) is 43.0 Å². The van der Waals surface area contributed by atoms with Crippen molar-refractivity contribution in [2.45, 2.75) is 38.1 Å². The van der Waals surface area contributed by atoms with Crippen molar-refractivity contribution in [3.63, 3.8) is 0 Å². The number of rotatable bonds is 7. The molecular formula is C31H35N3O3. The van der Waals surface area contributed by atoms with Gasteiger partial charge in [0.1, 0.15) is 0 Å². The number of carbonyl (C=O) groups excluding carboxylic acids is 1. The van der Waals surface area contributed by atoms with E-state index >= 15 is 0 Å². The Hall–Kier alpha value is -3.93. The predicted molar refractivity (Wildman–Crippen MR) is 150 cm³/mol. The van der Waals surface area contributed by atoms with E-state index in [9.17, 15) is 4.79 Å². The Morgan fingerprint density at radius 3 is 2.41 bits per heavy atom. The maximum absolute atomic E-state index is 13.9. The van der Waals surface area contributed by atoms with E-state index in [0.717, 1.165) is 46.7 Å². The molecule has 3 aromatic rings. The smallest absolute Gasteiger partial charge is 0.166 e. The zero-order chi connectivity index (χ0) is 25.9. The molecule has 192 valence electrons. The molecule has 6 heteroatoms. The second-order valence-corrected chi connectivity index (χ2v) is 9.88. The fourth-order valence-electron chi connectivity index (χ4n) is 5.29. The molecule has 0 saturated carbocycles. The molecule has 2 unspecified atom stereocenters. The number of methoxy groups -OCH3 is 1. The maximum Gasteiger partial charge on any atom is 0.166 e. The van der Waals surface area contributed by atoms with Gasteiger partial charge in [0.25, 0.3) is 0 Å². The fraction of sp³-hybridized carbons (Fsp3) is 0.323. The summed E-state index contributed by atoms with van der Waals surface area (Å²) in [6.45, 7) is 2.65. The summed E-state index contributed by atoms with van der Waals surface area (Å²) in [5.41, 5.74) is 6.88. The van der Waals surface area contributed by atoms with E-state index in [2.05, 4.69) is 52.8 Å². The fourth-order valence-corrected chi connectivity index (χ4v) is 5.29. The van der Waals surface area contributed by atoms with Gasteiger partial charge in [-0.1, -0.05) is 43.3 Å². The third kappa shape index (κ3) is 4.88. The van der Waals surface area contributed by atoms with Crippen LogP contribution in [-0.2, 0) is 4.79 Å². The number of anilines is 3. The molecule has 0 radical (unpaired) electrons. The number of benzene rings is 3. The number of fused-ring (bicyclic) bond motifs is 1. The molecule has 2 aliphatic rings. The molecule has 6 nitrogen and oxygen atoms in total. The highest BCUT2D eigenvalue weighted by molar-refractivity contribution is 6.01. The van der Waals surface area contributed by atoms with Crippen LogP contribution in [0.3, 0.4) is 0 Å². The lowest BCUT2D eigenvalue weighted by molar-refractivity contribution is -0.116. The number of hydrogen-bond acceptors (Lipinski definition) is 6. The van der Waals surface area contributed by atoms with Crippen molar-refractivity contribution in [3.05, 3.63) is 89.1 Å². The van der Waals surface area contributed by atoms with Crippen LogP contribution in [0.25, 0.3) is 0 Å². The predicted octanol–water partition coefficient (Wildman–Crippen LogP) is 6.53. The van der Waals surface area contributed by atoms with Gasteiger partial charge in [0.2, 0.25) is 0 Å². The van der Waals surface area contributed by atoms with E-state index < -0.39 is 0 Å². The average Bonchev–Trinajstić information content (AvgIpc) is 3.08. The number of ether oxygens (including phenoxy) is 2. The minimum atomic E-state index is -0.363. The van der Waals surface area contributed by atoms with Crippen molar-refractivity contribution in [2.75, 3.05) is 43.3 Å². The third-order valence-corrected chi connectivity index (χ3v) is 7.18. The van der Waals surface area contributed by atoms with Crippen molar-refractivity contribution >= 4 is 22.8 Å². The summed E-state index contributed by atoms with van der Waals surface area (Å²) >= 11 is 0. The first-order valence-electron chi connectivity index (χ1n) is 13.0. The highest BCUT2D eigenvalue weighted by Crippen LogP contribution is 2.47. The minimum Gasteiger partial charge on any atom is -0.493 e. The van der Waals surface area contributed by atoms with Gasteiger partial charge in [-0.25, -0.2) is 0 Å². The average molecular weight is 498 g/mol. The lowest BCUT2D eigenvalue weighted by Crippen LogP contribution is -2.27. The Morgan fingerprint density at radius 2 is 1.70 bits per heavy atom. The molecule has 2 atom stereocenters. The summed E-state index contributed by atoms with van der Waals surface area (Å²) in [6, 6.07) is 22.2. The lowest BCUT2D eigenvalue weighted by Gasteiger charge is -2.31. The molecule has 0 bridgehead atoms. The van der Waals surface area contributed by atoms with E-state index in [1.807, 2.05) is 50.5 Å². The number of Topliss-reactive ketones (excluding diaryl/α,β-unsaturated/α-hetero) is 1. The molecule has 0 fully saturated rings. The Bertz CT molecular complexity index is 1310. The molecule has 5 rings (SSSR count). The van der Waals surface area contributed by atoms with Crippen LogP contribution < -0.4 is 25.0 Å². The molecular weight excluding hydrogens is 462 g/mol. The molecule has 3 aromatic carbocycles. The number of para-hydroxylation sites is 3. The number of allylic oxidation sites excluding steroid dienone is 1. The topological polar surface area (TPSA) is 62.8 Å². The van der Waals surface area contributed by atoms with Crippen LogP contribution in [0.2, 0.25) is 0 Å². The molecule has 0 aromatic heterocycles. The van der Waals surface area contributed by atoms with Crippen LogP contribution in [0, 0.1) is 0 Å². The van der Waals surface area contributed by atoms with Crippen LogP contribution >= 0.6 is 0 Å². The largest absolute Gasteiger partial charge is 0.493 e. The van der Waals surface area contributed by atoms with Crippen LogP contribution in [0.4, 0.5) is 17.1 Å². The van der Waals surface area contributed by atoms with Crippen molar-refractivity contribution in [1.82, 2.24) is 0 Å². The molecule has 0 spiro atoms. The number of nitrogens with zero attached hydrogens (tertiary/aromatic N) is 1. The SMILES string of the molecule is CCCOc1c(OC)cccc1C1Nc2ccccc2NC2=C1C(=O)CC(c1ccc(N(C)C)cc1)C2. The second-order valence-electron chi connectivity index (χ2n) is 9.88. The third-order valence-electron chi connectivity index (χ3n) is 7.18. The summed E-state index contributed by atoms with van der Waals surface area (Å²) < 4.78 is 11.9. The van der Waals surface area contributed by atoms with Gasteiger partial charge in [0.05, 0.1) is 31.1 Å². The monoisotopic (exact) mass is 497 g/mol. The zero-order valence-electron chi connectivity index (χ0n) is 22.0. The summed E-state index contributed by atoms with van der Waals surface area (Å²) in [5, 5.41) is 7.29. The van der Waals surface area contributed by atoms with E-state index in [4.69, 9.17) is 9.47 Å². The Balaban J connectivity index is 1.60. The van der Waals surface area contributed by atoms with Crippen molar-refractivity contribution in [2.24, 2.45) is 0 Å². The van der Waals surface area contributed by atoms with Gasteiger partial charge in [-0.15, -0.1) is 0 Å². The molecule has 0 amide bonds. The van der Waals surface area contributed by atoms with E-state index in [-0.39, 0.29) is 17.7 Å². The van der Waals surface area contributed by atoms with E-state index in [1.165, 1.54) is 5.56 Å². The summed E-state index contributed by atoms with van der Waals surface area (Å²) in [4.78, 5) is 16.0. The molecule has 1 aliphatic heterocycles. The number of hydrogen-bond donors (Lipinski definition) is 2. The Labute approximate surface area is 219 Å². The molecule has 37 heavy (non-hydrogen) atoms. The highest BCUT2D eigenvalue weighted by atomic mass is 16.5. The quantitative estimate of drug-likeness (QED) is 0.387. The van der Waals surface area contributed by atoms with Gasteiger partial charge in [0.15, 0.2) is 17.3 Å². The van der Waals surface area contributed by atoms with E-state index in [0.29, 0.717) is 24.5 Å². The van der Waals surface area contributed by atoms with Crippen LogP contribution in [-0.4, -0.2) is 33.6 Å². The van der Waals surface area contributed by atoms with Crippen LogP contribution in [0.1, 0.15) is 49.3 Å². The van der Waals surface area contributed by atoms with Gasteiger partial charge >= 0.3 is 0 Å². The second kappa shape index (κ2) is 10.6. The van der Waals surface area contributed by atoms with Crippen LogP contribution in [0.5, 0.6) is 11.5 Å². The number of ketones is 1. The summed E-state index contributed by atoms with van der Waals surface area (Å²) in [7, 11) is 5.72. The maximum atomic E-state index is 13.9. The number of carbonyl (C=O) groups is 1. The molecule has 0 saturated heterocycles. The molecule has 2 N–H and O–H groups in total. The van der Waals surface area contributed by atoms with Gasteiger partial charge in [-0.2, -0.15) is 0 Å². The molecule has 1 aliphatic carbocycles. The number of nitrogens with one attached hydrogen (secondary N) is 2. The zero-order valence-corrected chi connectivity index (χ0v) is 22.0. The standard InChI is InChI=1S/C31H35N3O3/c1-5-17-37-31-23(9-8-12-28(31)36-4)30-29-26(32-24-10-6-7-11-25(24)33-30)18-21(19-27(29)35)20-13-15-22(16-14-20)34(2)3/h6-16,21,30,32-33H,5,17-19H2,1-4H3. The summed E-state index contributed by atoms with van der Waals surface area (Å²) in [6.07, 6.45) is 2.09. The van der Waals surface area contributed by atoms with Gasteiger partial charge in [-0.3, -0.25) is 4.79 Å². The normalized spacial score (nSPS) is 18.6. The summed E-state index contributed by atoms with van der Waals surface area (Å²) in [5.74, 6) is 1.61. The first-order chi connectivity index (χ1) is 18.0. The first-order valence-corrected chi connectivity index (χ1v) is 13.0. The first kappa shape index (κ1) is 24.8. The lowest BCUT2D eigenvalue weighted by atomic mass is 9.78. The van der Waals surface area contributed by atoms with Crippen LogP contribution in [0.15, 0.2) is 78.0 Å². The van der Waals surface area contributed by atoms with Crippen molar-refractivity contribution in [1.29, 1.82) is 0 Å².